The summed E-state index contributed by atoms with van der Waals surface area (Å²) in [7, 11) is 4.45. The maximum Gasteiger partial charge on any atom is 0.160 e. The van der Waals surface area contributed by atoms with Crippen LogP contribution in [0, 0.1) is 11.8 Å². The monoisotopic (exact) mass is 698 g/mol. The van der Waals surface area contributed by atoms with Crippen molar-refractivity contribution in [2.24, 2.45) is 11.8 Å². The number of carbonyl (C=O) groups is 1. The Bertz CT molecular complexity index is 1840. The summed E-state index contributed by atoms with van der Waals surface area (Å²) in [4.78, 5) is 17.3. The van der Waals surface area contributed by atoms with Gasteiger partial charge in [-0.2, -0.15) is 0 Å². The Labute approximate surface area is 295 Å². The number of benzene rings is 4. The van der Waals surface area contributed by atoms with Gasteiger partial charge < -0.3 is 9.80 Å². The lowest BCUT2D eigenvalue weighted by Gasteiger charge is -2.35. The van der Waals surface area contributed by atoms with Gasteiger partial charge in [0.2, 0.25) is 0 Å². The van der Waals surface area contributed by atoms with Gasteiger partial charge in [-0.15, -0.1) is 0 Å². The minimum absolute atomic E-state index is 0.145. The lowest BCUT2D eigenvalue weighted by atomic mass is 9.74. The lowest BCUT2D eigenvalue weighted by Crippen LogP contribution is -2.33. The number of piperidine rings is 2. The average Bonchev–Trinajstić information content (AvgIpc) is 3.34. The third kappa shape index (κ3) is 6.68. The first kappa shape index (κ1) is 33.0. The predicted molar refractivity (Wildman–Crippen MR) is 205 cm³/mol. The fraction of sp³-hybridized carbons (Fsp3) is 0.341. The van der Waals surface area contributed by atoms with Crippen molar-refractivity contribution in [2.75, 3.05) is 40.3 Å². The third-order valence-corrected chi connectivity index (χ3v) is 11.9. The molecule has 4 aromatic rings. The average molecular weight is 700 g/mol. The third-order valence-electron chi connectivity index (χ3n) is 11.2. The van der Waals surface area contributed by atoms with E-state index < -0.39 is 0 Å². The Morgan fingerprint density at radius 2 is 0.958 bits per heavy atom. The number of carbonyl (C=O) groups excluding carboxylic acids is 1. The summed E-state index contributed by atoms with van der Waals surface area (Å²) in [6.45, 7) is 6.40. The lowest BCUT2D eigenvalue weighted by molar-refractivity contribution is -0.111. The first-order valence-electron chi connectivity index (χ1n) is 17.7. The molecule has 2 aliphatic carbocycles. The van der Waals surface area contributed by atoms with E-state index in [4.69, 9.17) is 0 Å². The highest BCUT2D eigenvalue weighted by molar-refractivity contribution is 9.15. The Morgan fingerprint density at radius 1 is 0.562 bits per heavy atom. The molecule has 0 bridgehead atoms. The molecule has 246 valence electrons. The van der Waals surface area contributed by atoms with Crippen molar-refractivity contribution in [1.82, 2.24) is 9.80 Å². The highest BCUT2D eigenvalue weighted by Gasteiger charge is 2.34. The molecule has 48 heavy (non-hydrogen) atoms. The summed E-state index contributed by atoms with van der Waals surface area (Å²) in [5, 5.41) is 0. The Morgan fingerprint density at radius 3 is 1.46 bits per heavy atom. The maximum absolute atomic E-state index is 12.4. The van der Waals surface area contributed by atoms with Crippen LogP contribution in [0.15, 0.2) is 97.1 Å². The smallest absolute Gasteiger partial charge is 0.160 e. The van der Waals surface area contributed by atoms with Crippen molar-refractivity contribution < 1.29 is 4.79 Å². The fourth-order valence-corrected chi connectivity index (χ4v) is 9.27. The molecule has 2 heterocycles. The van der Waals surface area contributed by atoms with Crippen LogP contribution in [-0.2, 0) is 4.79 Å². The molecule has 2 saturated heterocycles. The van der Waals surface area contributed by atoms with Gasteiger partial charge in [-0.1, -0.05) is 113 Å². The van der Waals surface area contributed by atoms with E-state index in [-0.39, 0.29) is 5.78 Å². The molecular formula is C44H47BrN2O. The number of halogens is 1. The number of Topliss-reactive ketones (excluding diaryl/α,β-unsaturated/α-hetero) is 1. The molecule has 0 N–H and O–H groups in total. The molecular weight excluding hydrogens is 652 g/mol. The first-order valence-corrected chi connectivity index (χ1v) is 18.5. The number of fused-ring (bicyclic) bond motifs is 4. The second-order valence-electron chi connectivity index (χ2n) is 14.3. The van der Waals surface area contributed by atoms with Gasteiger partial charge in [0.1, 0.15) is 0 Å². The molecule has 2 fully saturated rings. The first-order chi connectivity index (χ1) is 23.4. The molecule has 4 aromatic carbocycles. The summed E-state index contributed by atoms with van der Waals surface area (Å²) in [5.74, 6) is 2.36. The van der Waals surface area contributed by atoms with E-state index in [1.807, 2.05) is 0 Å². The summed E-state index contributed by atoms with van der Waals surface area (Å²) in [6.07, 6.45) is 9.37. The molecule has 0 radical (unpaired) electrons. The molecule has 3 nitrogen and oxygen atoms in total. The molecule has 2 atom stereocenters. The molecule has 8 rings (SSSR count). The van der Waals surface area contributed by atoms with E-state index >= 15 is 0 Å². The van der Waals surface area contributed by atoms with Crippen LogP contribution in [0.3, 0.4) is 0 Å². The van der Waals surface area contributed by atoms with Gasteiger partial charge in [0, 0.05) is 21.9 Å². The van der Waals surface area contributed by atoms with Gasteiger partial charge in [0.25, 0.3) is 0 Å². The fourth-order valence-electron chi connectivity index (χ4n) is 8.66. The molecule has 4 heteroatoms. The number of nitrogens with zero attached hydrogens (tertiary/aromatic N) is 2. The van der Waals surface area contributed by atoms with Gasteiger partial charge >= 0.3 is 0 Å². The van der Waals surface area contributed by atoms with Crippen molar-refractivity contribution >= 4 is 43.9 Å². The van der Waals surface area contributed by atoms with Crippen LogP contribution in [0.25, 0.3) is 22.2 Å². The number of allylic oxidation sites excluding steroid dienone is 1. The van der Waals surface area contributed by atoms with Gasteiger partial charge in [-0.05, 0) is 141 Å². The van der Waals surface area contributed by atoms with Crippen LogP contribution >= 0.6 is 15.9 Å². The van der Waals surface area contributed by atoms with E-state index in [2.05, 4.69) is 149 Å². The SMILES string of the molecule is CC(=O)C1=Cc2ccccc2C(C2CCN(C)CC2)c2ccccc21.CN1CCC(C2c3ccccc3C=C(Br)c3ccccc32)CC1. The summed E-state index contributed by atoms with van der Waals surface area (Å²) in [5.41, 5.74) is 11.6. The summed E-state index contributed by atoms with van der Waals surface area (Å²) >= 11 is 3.82. The largest absolute Gasteiger partial charge is 0.306 e. The van der Waals surface area contributed by atoms with Gasteiger partial charge in [0.05, 0.1) is 0 Å². The Kier molecular flexibility index (Phi) is 9.95. The van der Waals surface area contributed by atoms with E-state index in [1.165, 1.54) is 82.2 Å². The van der Waals surface area contributed by atoms with Crippen LogP contribution < -0.4 is 0 Å². The Balaban J connectivity index is 0.000000152. The Hall–Kier alpha value is -3.57. The molecule has 0 aromatic heterocycles. The predicted octanol–water partition coefficient (Wildman–Crippen LogP) is 9.97. The number of hydrogen-bond donors (Lipinski definition) is 0. The molecule has 2 aliphatic heterocycles. The molecule has 0 spiro atoms. The number of hydrogen-bond acceptors (Lipinski definition) is 3. The quantitative estimate of drug-likeness (QED) is 0.213. The van der Waals surface area contributed by atoms with Crippen molar-refractivity contribution in [3.63, 3.8) is 0 Å². The van der Waals surface area contributed by atoms with Crippen LogP contribution in [0.1, 0.15) is 89.0 Å². The normalized spacial score (nSPS) is 21.5. The second-order valence-corrected chi connectivity index (χ2v) is 15.1. The van der Waals surface area contributed by atoms with Crippen LogP contribution in [-0.4, -0.2) is 55.9 Å². The molecule has 4 aliphatic rings. The van der Waals surface area contributed by atoms with Crippen molar-refractivity contribution in [3.8, 4) is 0 Å². The zero-order valence-electron chi connectivity index (χ0n) is 28.5. The zero-order valence-corrected chi connectivity index (χ0v) is 30.1. The van der Waals surface area contributed by atoms with Crippen molar-refractivity contribution in [2.45, 2.75) is 44.4 Å². The second kappa shape index (κ2) is 14.5. The number of ketones is 1. The maximum atomic E-state index is 12.4. The number of rotatable bonds is 3. The van der Waals surface area contributed by atoms with E-state index in [0.29, 0.717) is 17.8 Å². The topological polar surface area (TPSA) is 23.6 Å². The molecule has 0 amide bonds. The number of likely N-dealkylation sites (tertiary alicyclic amines) is 2. The zero-order chi connectivity index (χ0) is 33.2. The van der Waals surface area contributed by atoms with Crippen LogP contribution in [0.4, 0.5) is 0 Å². The van der Waals surface area contributed by atoms with Crippen molar-refractivity contribution in [1.29, 1.82) is 0 Å². The highest BCUT2D eigenvalue weighted by Crippen LogP contribution is 2.47. The van der Waals surface area contributed by atoms with Gasteiger partial charge in [0.15, 0.2) is 5.78 Å². The molecule has 0 saturated carbocycles. The minimum Gasteiger partial charge on any atom is -0.306 e. The van der Waals surface area contributed by atoms with Crippen LogP contribution in [0.5, 0.6) is 0 Å². The highest BCUT2D eigenvalue weighted by atomic mass is 79.9. The van der Waals surface area contributed by atoms with Crippen molar-refractivity contribution in [3.05, 3.63) is 142 Å². The van der Waals surface area contributed by atoms with E-state index in [1.54, 1.807) is 6.92 Å². The van der Waals surface area contributed by atoms with Gasteiger partial charge in [-0.3, -0.25) is 4.79 Å². The standard InChI is InChI=1S/C23H25NO.C21H22BrN/c1-16(25)22-15-18-7-3-4-8-19(18)23(17-11-13-24(2)14-12-17)21-10-6-5-9-20(21)22;1-23-12-10-15(11-13-23)21-17-7-3-2-6-16(17)14-20(22)18-8-4-5-9-19(18)21/h3-10,15,17,23H,11-14H2,1-2H3;2-9,14-15,21H,10-13H2,1H3. The summed E-state index contributed by atoms with van der Waals surface area (Å²) < 4.78 is 1.20. The van der Waals surface area contributed by atoms with E-state index in [0.717, 1.165) is 30.1 Å². The van der Waals surface area contributed by atoms with Gasteiger partial charge in [-0.25, -0.2) is 0 Å². The van der Waals surface area contributed by atoms with Crippen LogP contribution in [0.2, 0.25) is 0 Å². The summed E-state index contributed by atoms with van der Waals surface area (Å²) in [6, 6.07) is 35.0. The van der Waals surface area contributed by atoms with E-state index in [9.17, 15) is 4.79 Å². The minimum atomic E-state index is 0.145. The molecule has 2 unspecified atom stereocenters.